The molecule has 4 rings (SSSR count). The van der Waals surface area contributed by atoms with Crippen molar-refractivity contribution < 1.29 is 23.8 Å². The van der Waals surface area contributed by atoms with Gasteiger partial charge in [0.2, 0.25) is 0 Å². The average molecular weight is 514 g/mol. The Labute approximate surface area is 211 Å². The van der Waals surface area contributed by atoms with Crippen molar-refractivity contribution in [1.82, 2.24) is 15.2 Å². The lowest BCUT2D eigenvalue weighted by molar-refractivity contribution is 0.0696. The van der Waals surface area contributed by atoms with Crippen LogP contribution in [0.15, 0.2) is 47.3 Å². The van der Waals surface area contributed by atoms with Crippen molar-refractivity contribution in [2.45, 2.75) is 45.9 Å². The lowest BCUT2D eigenvalue weighted by Crippen LogP contribution is -2.36. The van der Waals surface area contributed by atoms with E-state index < -0.39 is 17.3 Å². The summed E-state index contributed by atoms with van der Waals surface area (Å²) in [4.78, 5) is 36.5. The third-order valence-corrected chi connectivity index (χ3v) is 6.25. The third kappa shape index (κ3) is 5.68. The largest absolute Gasteiger partial charge is 0.487 e. The van der Waals surface area contributed by atoms with Crippen LogP contribution in [0, 0.1) is 19.7 Å². The van der Waals surface area contributed by atoms with Crippen molar-refractivity contribution in [2.24, 2.45) is 0 Å². The predicted octanol–water partition coefficient (Wildman–Crippen LogP) is 4.49. The van der Waals surface area contributed by atoms with E-state index in [0.717, 1.165) is 12.8 Å². The van der Waals surface area contributed by atoms with Crippen LogP contribution in [0.1, 0.15) is 45.6 Å². The number of nitrogens with zero attached hydrogens (tertiary/aromatic N) is 1. The SMILES string of the molecule is Cc1ccc(C(=O)O)cc1-n1c(C)cc(OCc2ccc(F)cc2CNC(=O)NC2CC2)c(Cl)c1=O. The summed E-state index contributed by atoms with van der Waals surface area (Å²) in [5, 5.41) is 14.7. The second-order valence-corrected chi connectivity index (χ2v) is 9.09. The van der Waals surface area contributed by atoms with Gasteiger partial charge in [0.15, 0.2) is 0 Å². The molecule has 188 valence electrons. The van der Waals surface area contributed by atoms with Crippen molar-refractivity contribution >= 4 is 23.6 Å². The van der Waals surface area contributed by atoms with Gasteiger partial charge in [-0.25, -0.2) is 14.0 Å². The molecule has 2 amide bonds. The molecule has 0 radical (unpaired) electrons. The number of urea groups is 1. The minimum absolute atomic E-state index is 0.0162. The molecule has 1 fully saturated rings. The maximum atomic E-state index is 13.9. The number of aryl methyl sites for hydroxylation is 2. The molecule has 10 heteroatoms. The Hall–Kier alpha value is -3.85. The van der Waals surface area contributed by atoms with E-state index in [2.05, 4.69) is 10.6 Å². The van der Waals surface area contributed by atoms with Crippen LogP contribution in [0.3, 0.4) is 0 Å². The summed E-state index contributed by atoms with van der Waals surface area (Å²) in [7, 11) is 0. The van der Waals surface area contributed by atoms with Gasteiger partial charge < -0.3 is 20.5 Å². The maximum absolute atomic E-state index is 13.9. The molecule has 0 aliphatic heterocycles. The monoisotopic (exact) mass is 513 g/mol. The summed E-state index contributed by atoms with van der Waals surface area (Å²) in [5.74, 6) is -1.42. The Balaban J connectivity index is 1.56. The normalized spacial score (nSPS) is 12.8. The zero-order chi connectivity index (χ0) is 26.0. The molecule has 3 aromatic rings. The standard InChI is InChI=1S/C26H25ClFN3O5/c1-14-3-4-16(25(33)34)11-21(14)31-15(2)9-22(23(27)24(31)32)36-13-17-5-6-19(28)10-18(17)12-29-26(35)30-20-7-8-20/h3-6,9-11,20H,7-8,12-13H2,1-2H3,(H,33,34)(H2,29,30,35). The first kappa shape index (κ1) is 25.2. The number of hydrogen-bond acceptors (Lipinski definition) is 4. The van der Waals surface area contributed by atoms with Crippen LogP contribution in [0.2, 0.25) is 5.02 Å². The van der Waals surface area contributed by atoms with E-state index in [1.165, 1.54) is 28.8 Å². The predicted molar refractivity (Wildman–Crippen MR) is 133 cm³/mol. The first-order chi connectivity index (χ1) is 17.1. The molecule has 0 saturated heterocycles. The molecule has 36 heavy (non-hydrogen) atoms. The molecule has 1 heterocycles. The second-order valence-electron chi connectivity index (χ2n) is 8.71. The zero-order valence-electron chi connectivity index (χ0n) is 19.7. The van der Waals surface area contributed by atoms with E-state index in [-0.39, 0.29) is 41.6 Å². The molecule has 1 aliphatic carbocycles. The van der Waals surface area contributed by atoms with Crippen LogP contribution in [0.5, 0.6) is 5.75 Å². The van der Waals surface area contributed by atoms with Gasteiger partial charge in [-0.15, -0.1) is 0 Å². The highest BCUT2D eigenvalue weighted by Crippen LogP contribution is 2.26. The summed E-state index contributed by atoms with van der Waals surface area (Å²) in [6.07, 6.45) is 1.91. The number of carboxylic acid groups (broad SMARTS) is 1. The number of aromatic carboxylic acids is 1. The lowest BCUT2D eigenvalue weighted by Gasteiger charge is -2.17. The molecule has 3 N–H and O–H groups in total. The number of ether oxygens (including phenoxy) is 1. The van der Waals surface area contributed by atoms with E-state index in [4.69, 9.17) is 16.3 Å². The van der Waals surface area contributed by atoms with Crippen LogP contribution in [0.25, 0.3) is 5.69 Å². The number of carbonyl (C=O) groups is 2. The second kappa shape index (κ2) is 10.4. The first-order valence-electron chi connectivity index (χ1n) is 11.3. The zero-order valence-corrected chi connectivity index (χ0v) is 20.5. The Morgan fingerprint density at radius 2 is 1.89 bits per heavy atom. The molecule has 0 atom stereocenters. The van der Waals surface area contributed by atoms with Crippen LogP contribution in [0.4, 0.5) is 9.18 Å². The highest BCUT2D eigenvalue weighted by Gasteiger charge is 2.23. The van der Waals surface area contributed by atoms with Crippen LogP contribution >= 0.6 is 11.6 Å². The van der Waals surface area contributed by atoms with Gasteiger partial charge in [0, 0.05) is 24.3 Å². The van der Waals surface area contributed by atoms with Crippen LogP contribution < -0.4 is 20.9 Å². The van der Waals surface area contributed by atoms with Gasteiger partial charge in [-0.3, -0.25) is 9.36 Å². The maximum Gasteiger partial charge on any atom is 0.335 e. The first-order valence-corrected chi connectivity index (χ1v) is 11.7. The molecule has 1 saturated carbocycles. The summed E-state index contributed by atoms with van der Waals surface area (Å²) >= 11 is 6.36. The molecule has 0 unspecified atom stereocenters. The number of carbonyl (C=O) groups excluding carboxylic acids is 1. The smallest absolute Gasteiger partial charge is 0.335 e. The molecule has 2 aromatic carbocycles. The fraction of sp³-hybridized carbons (Fsp3) is 0.269. The van der Waals surface area contributed by atoms with Crippen LogP contribution in [-0.2, 0) is 13.2 Å². The molecule has 0 spiro atoms. The van der Waals surface area contributed by atoms with Crippen molar-refractivity contribution in [2.75, 3.05) is 0 Å². The number of halogens is 2. The molecule has 0 bridgehead atoms. The van der Waals surface area contributed by atoms with Gasteiger partial charge in [-0.1, -0.05) is 23.7 Å². The Bertz CT molecular complexity index is 1400. The Morgan fingerprint density at radius 1 is 1.14 bits per heavy atom. The van der Waals surface area contributed by atoms with E-state index in [1.54, 1.807) is 32.0 Å². The highest BCUT2D eigenvalue weighted by molar-refractivity contribution is 6.31. The summed E-state index contributed by atoms with van der Waals surface area (Å²) in [6, 6.07) is 10.1. The molecule has 1 aliphatic rings. The molecular formula is C26H25ClFN3O5. The Kier molecular flexibility index (Phi) is 7.30. The van der Waals surface area contributed by atoms with Crippen LogP contribution in [-0.4, -0.2) is 27.7 Å². The number of benzene rings is 2. The summed E-state index contributed by atoms with van der Waals surface area (Å²) in [6.45, 7) is 3.53. The number of pyridine rings is 1. The van der Waals surface area contributed by atoms with E-state index >= 15 is 0 Å². The number of aromatic nitrogens is 1. The summed E-state index contributed by atoms with van der Waals surface area (Å²) in [5.41, 5.74) is 2.22. The summed E-state index contributed by atoms with van der Waals surface area (Å²) < 4.78 is 21.0. The number of hydrogen-bond donors (Lipinski definition) is 3. The quantitative estimate of drug-likeness (QED) is 0.411. The van der Waals surface area contributed by atoms with Gasteiger partial charge in [-0.05, 0) is 67.6 Å². The van der Waals surface area contributed by atoms with E-state index in [0.29, 0.717) is 28.1 Å². The Morgan fingerprint density at radius 3 is 2.58 bits per heavy atom. The van der Waals surface area contributed by atoms with Gasteiger partial charge in [-0.2, -0.15) is 0 Å². The van der Waals surface area contributed by atoms with Crippen molar-refractivity contribution in [3.8, 4) is 11.4 Å². The van der Waals surface area contributed by atoms with Gasteiger partial charge in [0.25, 0.3) is 5.56 Å². The topological polar surface area (TPSA) is 110 Å². The van der Waals surface area contributed by atoms with E-state index in [1.807, 2.05) is 0 Å². The van der Waals surface area contributed by atoms with Gasteiger partial charge in [0.05, 0.1) is 11.3 Å². The lowest BCUT2D eigenvalue weighted by atomic mass is 10.1. The minimum Gasteiger partial charge on any atom is -0.487 e. The van der Waals surface area contributed by atoms with Crippen molar-refractivity contribution in [1.29, 1.82) is 0 Å². The fourth-order valence-corrected chi connectivity index (χ4v) is 3.96. The average Bonchev–Trinajstić information content (AvgIpc) is 3.65. The molecule has 8 nitrogen and oxygen atoms in total. The highest BCUT2D eigenvalue weighted by atomic mass is 35.5. The van der Waals surface area contributed by atoms with Crippen molar-refractivity contribution in [3.05, 3.63) is 91.6 Å². The number of amides is 2. The van der Waals surface area contributed by atoms with Gasteiger partial charge in [0.1, 0.15) is 23.2 Å². The third-order valence-electron chi connectivity index (χ3n) is 5.90. The molecule has 1 aromatic heterocycles. The fourth-order valence-electron chi connectivity index (χ4n) is 3.76. The number of nitrogens with one attached hydrogen (secondary N) is 2. The number of carboxylic acids is 1. The van der Waals surface area contributed by atoms with Crippen molar-refractivity contribution in [3.63, 3.8) is 0 Å². The molecular weight excluding hydrogens is 489 g/mol. The van der Waals surface area contributed by atoms with E-state index in [9.17, 15) is 23.9 Å². The minimum atomic E-state index is -1.11. The number of rotatable bonds is 8. The van der Waals surface area contributed by atoms with Gasteiger partial charge >= 0.3 is 12.0 Å².